The number of rotatable bonds is 4. The van der Waals surface area contributed by atoms with Crippen LogP contribution in [-0.2, 0) is 10.5 Å². The van der Waals surface area contributed by atoms with E-state index in [4.69, 9.17) is 16.3 Å². The van der Waals surface area contributed by atoms with Gasteiger partial charge < -0.3 is 9.64 Å². The number of ether oxygens (including phenoxy) is 1. The number of nitrogens with zero attached hydrogens (tertiary/aromatic N) is 3. The van der Waals surface area contributed by atoms with Crippen LogP contribution in [0.15, 0.2) is 64.4 Å². The number of halogens is 4. The van der Waals surface area contributed by atoms with Crippen molar-refractivity contribution >= 4 is 35.2 Å². The molecule has 0 bridgehead atoms. The molecule has 2 atom stereocenters. The quantitative estimate of drug-likeness (QED) is 0.359. The molecule has 1 aromatic heterocycles. The minimum absolute atomic E-state index is 0.404. The molecule has 7 nitrogen and oxygen atoms in total. The van der Waals surface area contributed by atoms with Crippen LogP contribution in [0.2, 0.25) is 5.02 Å². The second-order valence-corrected chi connectivity index (χ2v) is 11.3. The van der Waals surface area contributed by atoms with Gasteiger partial charge in [-0.05, 0) is 30.2 Å². The molecule has 2 aromatic carbocycles. The number of hydrogen-bond acceptors (Lipinski definition) is 6. The average molecular weight is 592 g/mol. The van der Waals surface area contributed by atoms with Crippen LogP contribution in [-0.4, -0.2) is 40.3 Å². The van der Waals surface area contributed by atoms with Crippen LogP contribution < -0.4 is 15.2 Å². The van der Waals surface area contributed by atoms with Crippen molar-refractivity contribution in [2.45, 2.75) is 49.7 Å². The summed E-state index contributed by atoms with van der Waals surface area (Å²) in [7, 11) is 0. The molecule has 3 heterocycles. The maximum absolute atomic E-state index is 14.1. The highest BCUT2D eigenvalue weighted by molar-refractivity contribution is 7.98. The first-order valence-electron chi connectivity index (χ1n) is 12.5. The highest BCUT2D eigenvalue weighted by Crippen LogP contribution is 2.45. The van der Waals surface area contributed by atoms with Crippen molar-refractivity contribution in [2.75, 3.05) is 11.7 Å². The summed E-state index contributed by atoms with van der Waals surface area (Å²) in [6.07, 6.45) is -3.45. The first-order chi connectivity index (χ1) is 18.9. The minimum Gasteiger partial charge on any atom is -0.420 e. The molecule has 2 aliphatic rings. The SMILES string of the molecule is CC(C)C(=O)Oc1c2n(ccc1=O)N([C@@H]1c3ccccc3SCc3cccc(Cl)c31)CN([C@H](C)C(F)(F)F)C2=O. The van der Waals surface area contributed by atoms with E-state index in [0.717, 1.165) is 29.0 Å². The Labute approximate surface area is 237 Å². The Morgan fingerprint density at radius 1 is 1.07 bits per heavy atom. The number of thioether (sulfide) groups is 1. The fourth-order valence-electron chi connectivity index (χ4n) is 4.81. The topological polar surface area (TPSA) is 71.8 Å². The maximum Gasteiger partial charge on any atom is 0.408 e. The van der Waals surface area contributed by atoms with Gasteiger partial charge in [-0.3, -0.25) is 24.1 Å². The second kappa shape index (κ2) is 10.5. The van der Waals surface area contributed by atoms with Crippen molar-refractivity contribution in [2.24, 2.45) is 5.92 Å². The van der Waals surface area contributed by atoms with E-state index in [2.05, 4.69) is 0 Å². The van der Waals surface area contributed by atoms with Gasteiger partial charge in [-0.25, -0.2) is 0 Å². The highest BCUT2D eigenvalue weighted by atomic mass is 35.5. The van der Waals surface area contributed by atoms with Crippen molar-refractivity contribution in [3.63, 3.8) is 0 Å². The molecule has 3 aromatic rings. The second-order valence-electron chi connectivity index (χ2n) is 9.89. The summed E-state index contributed by atoms with van der Waals surface area (Å²) in [6.45, 7) is 3.48. The van der Waals surface area contributed by atoms with E-state index in [0.29, 0.717) is 21.2 Å². The molecule has 5 rings (SSSR count). The average Bonchev–Trinajstić information content (AvgIpc) is 3.07. The number of alkyl halides is 3. The lowest BCUT2D eigenvalue weighted by Crippen LogP contribution is -2.60. The third kappa shape index (κ3) is 4.85. The fraction of sp³-hybridized carbons (Fsp3) is 0.321. The molecular formula is C28H25ClF3N3O4S. The predicted molar refractivity (Wildman–Crippen MR) is 145 cm³/mol. The molecule has 0 radical (unpaired) electrons. The fourth-order valence-corrected chi connectivity index (χ4v) is 6.19. The zero-order valence-electron chi connectivity index (χ0n) is 21.7. The van der Waals surface area contributed by atoms with Gasteiger partial charge in [0.05, 0.1) is 5.92 Å². The van der Waals surface area contributed by atoms with Crippen molar-refractivity contribution in [1.82, 2.24) is 9.58 Å². The summed E-state index contributed by atoms with van der Waals surface area (Å²) in [5, 5.41) is 1.96. The number of carbonyl (C=O) groups excluding carboxylic acids is 2. The number of amides is 1. The van der Waals surface area contributed by atoms with Gasteiger partial charge in [0, 0.05) is 33.5 Å². The molecule has 40 heavy (non-hydrogen) atoms. The Morgan fingerprint density at radius 2 is 1.80 bits per heavy atom. The first-order valence-corrected chi connectivity index (χ1v) is 13.9. The van der Waals surface area contributed by atoms with Crippen LogP contribution in [0.3, 0.4) is 0 Å². The van der Waals surface area contributed by atoms with Gasteiger partial charge in [0.2, 0.25) is 11.2 Å². The molecule has 1 amide bonds. The van der Waals surface area contributed by atoms with Gasteiger partial charge in [-0.1, -0.05) is 55.8 Å². The number of hydrogen-bond donors (Lipinski definition) is 0. The Morgan fingerprint density at radius 3 is 2.50 bits per heavy atom. The minimum atomic E-state index is -4.76. The predicted octanol–water partition coefficient (Wildman–Crippen LogP) is 5.76. The van der Waals surface area contributed by atoms with Gasteiger partial charge in [0.25, 0.3) is 5.91 Å². The van der Waals surface area contributed by atoms with E-state index in [-0.39, 0.29) is 0 Å². The van der Waals surface area contributed by atoms with E-state index < -0.39 is 59.6 Å². The Kier molecular flexibility index (Phi) is 7.39. The summed E-state index contributed by atoms with van der Waals surface area (Å²) in [5.74, 6) is -2.59. The van der Waals surface area contributed by atoms with Gasteiger partial charge in [-0.15, -0.1) is 11.8 Å². The van der Waals surface area contributed by atoms with Gasteiger partial charge in [0.15, 0.2) is 5.69 Å². The Balaban J connectivity index is 1.81. The van der Waals surface area contributed by atoms with E-state index >= 15 is 0 Å². The van der Waals surface area contributed by atoms with Gasteiger partial charge in [-0.2, -0.15) is 13.2 Å². The Hall–Kier alpha value is -3.44. The van der Waals surface area contributed by atoms with Crippen LogP contribution in [0.1, 0.15) is 54.0 Å². The molecule has 0 N–H and O–H groups in total. The van der Waals surface area contributed by atoms with Crippen LogP contribution in [0.5, 0.6) is 5.75 Å². The number of carbonyl (C=O) groups is 2. The van der Waals surface area contributed by atoms with E-state index in [1.54, 1.807) is 42.8 Å². The van der Waals surface area contributed by atoms with Crippen LogP contribution in [0.25, 0.3) is 0 Å². The normalized spacial score (nSPS) is 17.6. The largest absolute Gasteiger partial charge is 0.420 e. The van der Waals surface area contributed by atoms with Crippen molar-refractivity contribution in [3.05, 3.63) is 92.4 Å². The van der Waals surface area contributed by atoms with Crippen molar-refractivity contribution in [1.29, 1.82) is 0 Å². The summed E-state index contributed by atoms with van der Waals surface area (Å²) < 4.78 is 48.9. The maximum atomic E-state index is 14.1. The van der Waals surface area contributed by atoms with Crippen molar-refractivity contribution in [3.8, 4) is 5.75 Å². The smallest absolute Gasteiger partial charge is 0.408 e. The highest BCUT2D eigenvalue weighted by Gasteiger charge is 2.48. The van der Waals surface area contributed by atoms with E-state index in [1.807, 2.05) is 30.3 Å². The molecule has 0 saturated heterocycles. The van der Waals surface area contributed by atoms with Gasteiger partial charge >= 0.3 is 12.1 Å². The van der Waals surface area contributed by atoms with Crippen LogP contribution >= 0.6 is 23.4 Å². The molecule has 0 spiro atoms. The van der Waals surface area contributed by atoms with Crippen molar-refractivity contribution < 1.29 is 27.5 Å². The zero-order chi connectivity index (χ0) is 28.9. The number of benzene rings is 2. The third-order valence-electron chi connectivity index (χ3n) is 7.00. The summed E-state index contributed by atoms with van der Waals surface area (Å²) >= 11 is 8.32. The number of esters is 1. The Bertz CT molecular complexity index is 1560. The molecule has 0 unspecified atom stereocenters. The monoisotopic (exact) mass is 591 g/mol. The van der Waals surface area contributed by atoms with Gasteiger partial charge in [0.1, 0.15) is 18.8 Å². The molecule has 0 fully saturated rings. The number of aromatic nitrogens is 1. The molecule has 0 saturated carbocycles. The first kappa shape index (κ1) is 28.1. The van der Waals surface area contributed by atoms with E-state index in [1.165, 1.54) is 10.9 Å². The number of pyridine rings is 1. The molecular weight excluding hydrogens is 567 g/mol. The summed E-state index contributed by atoms with van der Waals surface area (Å²) in [4.78, 5) is 40.7. The molecule has 12 heteroatoms. The zero-order valence-corrected chi connectivity index (χ0v) is 23.3. The van der Waals surface area contributed by atoms with E-state index in [9.17, 15) is 27.6 Å². The lowest BCUT2D eigenvalue weighted by atomic mass is 9.94. The van der Waals surface area contributed by atoms with Crippen LogP contribution in [0, 0.1) is 5.92 Å². The summed E-state index contributed by atoms with van der Waals surface area (Å²) in [5.41, 5.74) is 1.04. The standard InChI is InChI=1S/C28H25ClF3N3O4S/c1-15(2)27(38)39-25-20(36)11-12-34-24(25)26(37)33(16(3)28(30,31)32)14-35(34)23-18-8-4-5-10-21(18)40-13-17-7-6-9-19(29)22(17)23/h4-12,15-16,23H,13-14H2,1-3H3/t16-,23-/m1/s1. The number of fused-ring (bicyclic) bond motifs is 3. The summed E-state index contributed by atoms with van der Waals surface area (Å²) in [6, 6.07) is 11.1. The third-order valence-corrected chi connectivity index (χ3v) is 8.47. The lowest BCUT2D eigenvalue weighted by Gasteiger charge is -2.46. The molecule has 210 valence electrons. The molecule has 0 aliphatic carbocycles. The molecule has 2 aliphatic heterocycles. The lowest BCUT2D eigenvalue weighted by molar-refractivity contribution is -0.173. The van der Waals surface area contributed by atoms with Crippen LogP contribution in [0.4, 0.5) is 13.2 Å².